The molecule has 0 radical (unpaired) electrons. The molecule has 0 amide bonds. The van der Waals surface area contributed by atoms with Gasteiger partial charge in [-0.15, -0.1) is 0 Å². The van der Waals surface area contributed by atoms with E-state index in [1.165, 1.54) is 19.4 Å². The quantitative estimate of drug-likeness (QED) is 0.652. The summed E-state index contributed by atoms with van der Waals surface area (Å²) < 4.78 is 0. The van der Waals surface area contributed by atoms with Crippen molar-refractivity contribution in [1.82, 2.24) is 4.90 Å². The molecule has 0 bridgehead atoms. The highest BCUT2D eigenvalue weighted by molar-refractivity contribution is 5.76. The molecule has 108 valence electrons. The van der Waals surface area contributed by atoms with Crippen LogP contribution in [0.5, 0.6) is 0 Å². The number of para-hydroxylation sites is 1. The predicted octanol–water partition coefficient (Wildman–Crippen LogP) is 2.29. The smallest absolute Gasteiger partial charge is 0.315 e. The van der Waals surface area contributed by atoms with Crippen LogP contribution in [0.4, 0.5) is 17.1 Å². The van der Waals surface area contributed by atoms with Crippen LogP contribution >= 0.6 is 0 Å². The number of nitro groups is 1. The van der Waals surface area contributed by atoms with Crippen molar-refractivity contribution in [2.75, 3.05) is 30.8 Å². The summed E-state index contributed by atoms with van der Waals surface area (Å²) in [6, 6.07) is 6.25. The second-order valence-electron chi connectivity index (χ2n) is 5.49. The van der Waals surface area contributed by atoms with Crippen molar-refractivity contribution in [3.05, 3.63) is 28.3 Å². The Morgan fingerprint density at radius 2 is 2.10 bits per heavy atom. The van der Waals surface area contributed by atoms with E-state index < -0.39 is 0 Å². The van der Waals surface area contributed by atoms with Gasteiger partial charge >= 0.3 is 5.69 Å². The van der Waals surface area contributed by atoms with Gasteiger partial charge in [-0.3, -0.25) is 15.0 Å². The van der Waals surface area contributed by atoms with E-state index in [9.17, 15) is 10.1 Å². The topological polar surface area (TPSA) is 70.4 Å². The van der Waals surface area contributed by atoms with Gasteiger partial charge in [-0.25, -0.2) is 0 Å². The molecule has 0 aliphatic carbocycles. The molecule has 2 heterocycles. The normalized spacial score (nSPS) is 25.4. The summed E-state index contributed by atoms with van der Waals surface area (Å²) >= 11 is 0. The molecule has 20 heavy (non-hydrogen) atoms. The minimum Gasteiger partial charge on any atom is -0.382 e. The predicted molar refractivity (Wildman–Crippen MR) is 79.3 cm³/mol. The first-order valence-electron chi connectivity index (χ1n) is 7.16. The zero-order valence-corrected chi connectivity index (χ0v) is 11.6. The lowest BCUT2D eigenvalue weighted by atomic mass is 10.1. The molecule has 1 aromatic carbocycles. The van der Waals surface area contributed by atoms with E-state index in [1.54, 1.807) is 19.2 Å². The zero-order valence-electron chi connectivity index (χ0n) is 11.6. The summed E-state index contributed by atoms with van der Waals surface area (Å²) in [5.41, 5.74) is 1.33. The summed E-state index contributed by atoms with van der Waals surface area (Å²) in [5.74, 6) is 0. The zero-order chi connectivity index (χ0) is 14.1. The first kappa shape index (κ1) is 13.2. The number of hydrogen-bond acceptors (Lipinski definition) is 5. The van der Waals surface area contributed by atoms with Crippen molar-refractivity contribution >= 4 is 17.1 Å². The largest absolute Gasteiger partial charge is 0.382 e. The van der Waals surface area contributed by atoms with Gasteiger partial charge in [0.05, 0.1) is 4.92 Å². The number of hydrogen-bond donors (Lipinski definition) is 2. The second kappa shape index (κ2) is 5.28. The van der Waals surface area contributed by atoms with Gasteiger partial charge < -0.3 is 10.6 Å². The maximum Gasteiger partial charge on any atom is 0.315 e. The Balaban J connectivity index is 1.85. The van der Waals surface area contributed by atoms with Crippen molar-refractivity contribution < 1.29 is 4.92 Å². The van der Waals surface area contributed by atoms with Gasteiger partial charge in [-0.2, -0.15) is 0 Å². The van der Waals surface area contributed by atoms with Crippen LogP contribution in [-0.2, 0) is 0 Å². The summed E-state index contributed by atoms with van der Waals surface area (Å²) in [7, 11) is 1.71. The molecular weight excluding hydrogens is 256 g/mol. The van der Waals surface area contributed by atoms with E-state index >= 15 is 0 Å². The third-order valence-corrected chi connectivity index (χ3v) is 4.43. The van der Waals surface area contributed by atoms with Gasteiger partial charge in [-0.05, 0) is 37.9 Å². The molecule has 2 N–H and O–H groups in total. The summed E-state index contributed by atoms with van der Waals surface area (Å²) in [6.07, 6.45) is 3.49. The molecule has 2 atom stereocenters. The lowest BCUT2D eigenvalue weighted by Gasteiger charge is -2.22. The third-order valence-electron chi connectivity index (χ3n) is 4.43. The van der Waals surface area contributed by atoms with Crippen molar-refractivity contribution in [2.45, 2.75) is 31.3 Å². The van der Waals surface area contributed by atoms with Crippen molar-refractivity contribution in [2.24, 2.45) is 0 Å². The lowest BCUT2D eigenvalue weighted by molar-refractivity contribution is -0.383. The Labute approximate surface area is 118 Å². The van der Waals surface area contributed by atoms with Gasteiger partial charge in [0, 0.05) is 25.7 Å². The summed E-state index contributed by atoms with van der Waals surface area (Å²) in [5, 5.41) is 17.6. The van der Waals surface area contributed by atoms with E-state index in [2.05, 4.69) is 15.5 Å². The van der Waals surface area contributed by atoms with Crippen LogP contribution < -0.4 is 10.6 Å². The number of rotatable bonds is 4. The Kier molecular flexibility index (Phi) is 3.48. The molecule has 0 aromatic heterocycles. The van der Waals surface area contributed by atoms with E-state index in [-0.39, 0.29) is 10.6 Å². The fourth-order valence-electron chi connectivity index (χ4n) is 3.51. The Hall–Kier alpha value is -1.82. The number of anilines is 2. The molecule has 0 spiro atoms. The number of benzene rings is 1. The Bertz CT molecular complexity index is 520. The third kappa shape index (κ3) is 2.20. The van der Waals surface area contributed by atoms with Crippen LogP contribution in [-0.4, -0.2) is 42.0 Å². The van der Waals surface area contributed by atoms with Crippen LogP contribution in [0.15, 0.2) is 18.2 Å². The Morgan fingerprint density at radius 1 is 1.30 bits per heavy atom. The van der Waals surface area contributed by atoms with Crippen LogP contribution in [0.25, 0.3) is 0 Å². The maximum atomic E-state index is 11.3. The van der Waals surface area contributed by atoms with Gasteiger partial charge in [0.15, 0.2) is 0 Å². The molecule has 2 fully saturated rings. The molecular formula is C14H20N4O2. The highest BCUT2D eigenvalue weighted by Gasteiger charge is 2.37. The molecule has 2 saturated heterocycles. The van der Waals surface area contributed by atoms with Gasteiger partial charge in [0.25, 0.3) is 0 Å². The fraction of sp³-hybridized carbons (Fsp3) is 0.571. The number of nitrogens with one attached hydrogen (secondary N) is 2. The maximum absolute atomic E-state index is 11.3. The summed E-state index contributed by atoms with van der Waals surface area (Å²) in [6.45, 7) is 2.27. The number of nitro benzene ring substituents is 1. The highest BCUT2D eigenvalue weighted by atomic mass is 16.6. The molecule has 2 aliphatic rings. The van der Waals surface area contributed by atoms with E-state index in [0.717, 1.165) is 13.0 Å². The van der Waals surface area contributed by atoms with Gasteiger partial charge in [0.1, 0.15) is 11.4 Å². The van der Waals surface area contributed by atoms with Gasteiger partial charge in [-0.1, -0.05) is 6.07 Å². The molecule has 1 aromatic rings. The number of nitrogens with zero attached hydrogens (tertiary/aromatic N) is 2. The van der Waals surface area contributed by atoms with Crippen LogP contribution in [0, 0.1) is 10.1 Å². The minimum absolute atomic E-state index is 0.145. The standard InChI is InChI=1S/C14H20N4O2/c1-15-11-4-2-5-12(14(11)18(19)20)16-10-7-9-17-8-3-6-13(10)17/h2,4-5,10,13,15-16H,3,6-9H2,1H3. The molecule has 6 nitrogen and oxygen atoms in total. The second-order valence-corrected chi connectivity index (χ2v) is 5.49. The summed E-state index contributed by atoms with van der Waals surface area (Å²) in [4.78, 5) is 13.5. The first-order chi connectivity index (χ1) is 9.70. The van der Waals surface area contributed by atoms with Crippen LogP contribution in [0.3, 0.4) is 0 Å². The van der Waals surface area contributed by atoms with Crippen molar-refractivity contribution in [1.29, 1.82) is 0 Å². The van der Waals surface area contributed by atoms with E-state index in [1.807, 2.05) is 6.07 Å². The monoisotopic (exact) mass is 276 g/mol. The molecule has 6 heteroatoms. The lowest BCUT2D eigenvalue weighted by Crippen LogP contribution is -2.33. The highest BCUT2D eigenvalue weighted by Crippen LogP contribution is 2.36. The Morgan fingerprint density at radius 3 is 2.85 bits per heavy atom. The molecule has 0 saturated carbocycles. The van der Waals surface area contributed by atoms with Crippen molar-refractivity contribution in [3.63, 3.8) is 0 Å². The molecule has 3 rings (SSSR count). The van der Waals surface area contributed by atoms with E-state index in [4.69, 9.17) is 0 Å². The van der Waals surface area contributed by atoms with Crippen molar-refractivity contribution in [3.8, 4) is 0 Å². The molecule has 2 unspecified atom stereocenters. The van der Waals surface area contributed by atoms with E-state index in [0.29, 0.717) is 23.5 Å². The molecule has 2 aliphatic heterocycles. The van der Waals surface area contributed by atoms with Gasteiger partial charge in [0.2, 0.25) is 0 Å². The minimum atomic E-state index is -0.310. The average molecular weight is 276 g/mol. The average Bonchev–Trinajstić information content (AvgIpc) is 3.03. The first-order valence-corrected chi connectivity index (χ1v) is 7.16. The number of fused-ring (bicyclic) bond motifs is 1. The van der Waals surface area contributed by atoms with Crippen LogP contribution in [0.1, 0.15) is 19.3 Å². The van der Waals surface area contributed by atoms with Crippen LogP contribution in [0.2, 0.25) is 0 Å². The SMILES string of the molecule is CNc1cccc(NC2CCN3CCCC23)c1[N+](=O)[O-]. The fourth-order valence-corrected chi connectivity index (χ4v) is 3.51.